The summed E-state index contributed by atoms with van der Waals surface area (Å²) in [7, 11) is 1.64. The second-order valence-corrected chi connectivity index (χ2v) is 3.49. The molecule has 17 heavy (non-hydrogen) atoms. The topological polar surface area (TPSA) is 103 Å². The number of nitro groups is 1. The van der Waals surface area contributed by atoms with Gasteiger partial charge in [-0.15, -0.1) is 0 Å². The smallest absolute Gasteiger partial charge is 0.311 e. The monoisotopic (exact) mass is 240 g/mol. The van der Waals surface area contributed by atoms with Crippen LogP contribution in [0.2, 0.25) is 0 Å². The number of methoxy groups -OCH3 is 1. The van der Waals surface area contributed by atoms with Gasteiger partial charge < -0.3 is 15.8 Å². The molecule has 0 amide bonds. The van der Waals surface area contributed by atoms with Gasteiger partial charge in [0.25, 0.3) is 0 Å². The van der Waals surface area contributed by atoms with Crippen LogP contribution in [0.25, 0.3) is 0 Å². The Bertz CT molecular complexity index is 384. The van der Waals surface area contributed by atoms with Crippen molar-refractivity contribution in [3.05, 3.63) is 22.2 Å². The van der Waals surface area contributed by atoms with E-state index in [9.17, 15) is 10.1 Å². The maximum absolute atomic E-state index is 10.7. The third-order valence-corrected chi connectivity index (χ3v) is 2.16. The van der Waals surface area contributed by atoms with E-state index in [2.05, 4.69) is 10.3 Å². The molecule has 0 aliphatic rings. The van der Waals surface area contributed by atoms with Crippen LogP contribution in [0.1, 0.15) is 12.8 Å². The van der Waals surface area contributed by atoms with Crippen molar-refractivity contribution in [1.29, 1.82) is 0 Å². The molecule has 0 unspecified atom stereocenters. The second-order valence-electron chi connectivity index (χ2n) is 3.49. The first-order valence-electron chi connectivity index (χ1n) is 5.29. The number of pyridine rings is 1. The van der Waals surface area contributed by atoms with Crippen LogP contribution in [-0.2, 0) is 4.74 Å². The molecule has 94 valence electrons. The Labute approximate surface area is 99.1 Å². The first-order valence-corrected chi connectivity index (χ1v) is 5.29. The second kappa shape index (κ2) is 6.64. The largest absolute Gasteiger partial charge is 0.385 e. The molecule has 3 N–H and O–H groups in total. The summed E-state index contributed by atoms with van der Waals surface area (Å²) < 4.78 is 4.90. The zero-order valence-electron chi connectivity index (χ0n) is 9.68. The zero-order valence-corrected chi connectivity index (χ0v) is 9.68. The summed E-state index contributed by atoms with van der Waals surface area (Å²) in [5, 5.41) is 13.6. The standard InChI is InChI=1S/C10H16N4O3/c1-17-7-3-2-6-12-10-8(14(15)16)4-5-9(11)13-10/h4-5H,2-3,6-7H2,1H3,(H3,11,12,13). The Kier molecular flexibility index (Phi) is 5.15. The van der Waals surface area contributed by atoms with Gasteiger partial charge >= 0.3 is 5.69 Å². The number of ether oxygens (including phenoxy) is 1. The van der Waals surface area contributed by atoms with Gasteiger partial charge in [0.2, 0.25) is 5.82 Å². The lowest BCUT2D eigenvalue weighted by Crippen LogP contribution is -2.08. The molecule has 0 saturated carbocycles. The lowest BCUT2D eigenvalue weighted by molar-refractivity contribution is -0.384. The molecule has 0 aromatic carbocycles. The van der Waals surface area contributed by atoms with Gasteiger partial charge in [0, 0.05) is 26.3 Å². The molecule has 0 aliphatic carbocycles. The summed E-state index contributed by atoms with van der Waals surface area (Å²) in [5.41, 5.74) is 5.42. The molecule has 7 nitrogen and oxygen atoms in total. The molecular formula is C10H16N4O3. The SMILES string of the molecule is COCCCCNc1nc(N)ccc1[N+](=O)[O-]. The summed E-state index contributed by atoms with van der Waals surface area (Å²) in [6.45, 7) is 1.27. The maximum atomic E-state index is 10.7. The van der Waals surface area contributed by atoms with Gasteiger partial charge in [0.15, 0.2) is 0 Å². The molecule has 0 bridgehead atoms. The Morgan fingerprint density at radius 2 is 2.29 bits per heavy atom. The summed E-state index contributed by atoms with van der Waals surface area (Å²) in [6.07, 6.45) is 1.74. The first kappa shape index (κ1) is 13.2. The third kappa shape index (κ3) is 4.23. The van der Waals surface area contributed by atoms with Crippen LogP contribution in [0.4, 0.5) is 17.3 Å². The lowest BCUT2D eigenvalue weighted by Gasteiger charge is -2.06. The number of nitrogens with one attached hydrogen (secondary N) is 1. The molecule has 1 aromatic rings. The highest BCUT2D eigenvalue weighted by molar-refractivity contribution is 5.59. The maximum Gasteiger partial charge on any atom is 0.311 e. The van der Waals surface area contributed by atoms with E-state index in [4.69, 9.17) is 10.5 Å². The van der Waals surface area contributed by atoms with Crippen LogP contribution in [0.3, 0.4) is 0 Å². The van der Waals surface area contributed by atoms with Gasteiger partial charge in [-0.1, -0.05) is 0 Å². The minimum Gasteiger partial charge on any atom is -0.385 e. The Hall–Kier alpha value is -1.89. The highest BCUT2D eigenvalue weighted by Crippen LogP contribution is 2.22. The number of hydrogen-bond donors (Lipinski definition) is 2. The molecule has 1 rings (SSSR count). The Morgan fingerprint density at radius 3 is 2.94 bits per heavy atom. The highest BCUT2D eigenvalue weighted by Gasteiger charge is 2.14. The van der Waals surface area contributed by atoms with Crippen LogP contribution in [0.5, 0.6) is 0 Å². The average molecular weight is 240 g/mol. The van der Waals surface area contributed by atoms with Gasteiger partial charge in [-0.2, -0.15) is 0 Å². The van der Waals surface area contributed by atoms with Gasteiger partial charge in [0.1, 0.15) is 5.82 Å². The van der Waals surface area contributed by atoms with Crippen molar-refractivity contribution >= 4 is 17.3 Å². The predicted octanol–water partition coefficient (Wildman–Crippen LogP) is 1.41. The number of rotatable bonds is 7. The van der Waals surface area contributed by atoms with E-state index in [0.717, 1.165) is 12.8 Å². The van der Waals surface area contributed by atoms with E-state index in [1.165, 1.54) is 12.1 Å². The number of hydrogen-bond acceptors (Lipinski definition) is 6. The Balaban J connectivity index is 2.56. The number of anilines is 2. The molecule has 0 saturated heterocycles. The lowest BCUT2D eigenvalue weighted by atomic mass is 10.3. The fraction of sp³-hybridized carbons (Fsp3) is 0.500. The van der Waals surface area contributed by atoms with Crippen LogP contribution < -0.4 is 11.1 Å². The van der Waals surface area contributed by atoms with Crippen LogP contribution in [-0.4, -0.2) is 30.2 Å². The highest BCUT2D eigenvalue weighted by atomic mass is 16.6. The van der Waals surface area contributed by atoms with Crippen molar-refractivity contribution in [2.45, 2.75) is 12.8 Å². The quantitative estimate of drug-likeness (QED) is 0.424. The van der Waals surface area contributed by atoms with Crippen LogP contribution in [0, 0.1) is 10.1 Å². The number of nitrogen functional groups attached to an aromatic ring is 1. The van der Waals surface area contributed by atoms with E-state index >= 15 is 0 Å². The molecule has 7 heteroatoms. The minimum atomic E-state index is -0.482. The van der Waals surface area contributed by atoms with Crippen molar-refractivity contribution in [3.63, 3.8) is 0 Å². The molecule has 0 spiro atoms. The van der Waals surface area contributed by atoms with Gasteiger partial charge in [0.05, 0.1) is 4.92 Å². The molecule has 0 fully saturated rings. The van der Waals surface area contributed by atoms with Crippen molar-refractivity contribution in [3.8, 4) is 0 Å². The van der Waals surface area contributed by atoms with Crippen molar-refractivity contribution in [1.82, 2.24) is 4.98 Å². The van der Waals surface area contributed by atoms with E-state index in [1.807, 2.05) is 0 Å². The van der Waals surface area contributed by atoms with E-state index in [0.29, 0.717) is 13.2 Å². The van der Waals surface area contributed by atoms with Crippen LogP contribution >= 0.6 is 0 Å². The number of unbranched alkanes of at least 4 members (excludes halogenated alkanes) is 1. The normalized spacial score (nSPS) is 10.2. The third-order valence-electron chi connectivity index (χ3n) is 2.16. The van der Waals surface area contributed by atoms with E-state index < -0.39 is 4.92 Å². The van der Waals surface area contributed by atoms with E-state index in [-0.39, 0.29) is 17.3 Å². The number of aromatic nitrogens is 1. The molecule has 1 aromatic heterocycles. The van der Waals surface area contributed by atoms with Gasteiger partial charge in [-0.25, -0.2) is 4.98 Å². The summed E-state index contributed by atoms with van der Waals surface area (Å²) in [4.78, 5) is 14.2. The van der Waals surface area contributed by atoms with Crippen molar-refractivity contribution < 1.29 is 9.66 Å². The molecule has 1 heterocycles. The van der Waals surface area contributed by atoms with Crippen molar-refractivity contribution in [2.24, 2.45) is 0 Å². The summed E-state index contributed by atoms with van der Waals surface area (Å²) in [6, 6.07) is 2.76. The van der Waals surface area contributed by atoms with Crippen LogP contribution in [0.15, 0.2) is 12.1 Å². The fourth-order valence-corrected chi connectivity index (χ4v) is 1.32. The first-order chi connectivity index (χ1) is 8.15. The van der Waals surface area contributed by atoms with Crippen molar-refractivity contribution in [2.75, 3.05) is 31.3 Å². The number of nitrogens with two attached hydrogens (primary N) is 1. The number of nitrogens with zero attached hydrogens (tertiary/aromatic N) is 2. The van der Waals surface area contributed by atoms with Gasteiger partial charge in [-0.05, 0) is 18.9 Å². The zero-order chi connectivity index (χ0) is 12.7. The molecule has 0 aliphatic heterocycles. The van der Waals surface area contributed by atoms with E-state index in [1.54, 1.807) is 7.11 Å². The Morgan fingerprint density at radius 1 is 1.53 bits per heavy atom. The molecular weight excluding hydrogens is 224 g/mol. The average Bonchev–Trinajstić information content (AvgIpc) is 2.28. The predicted molar refractivity (Wildman–Crippen MR) is 64.9 cm³/mol. The molecule has 0 radical (unpaired) electrons. The fourth-order valence-electron chi connectivity index (χ4n) is 1.32. The summed E-state index contributed by atoms with van der Waals surface area (Å²) >= 11 is 0. The minimum absolute atomic E-state index is 0.0639. The summed E-state index contributed by atoms with van der Waals surface area (Å²) in [5.74, 6) is 0.474. The molecule has 0 atom stereocenters. The van der Waals surface area contributed by atoms with Gasteiger partial charge in [-0.3, -0.25) is 10.1 Å².